The number of aliphatic hydroxyl groups excluding tert-OH is 3. The van der Waals surface area contributed by atoms with Gasteiger partial charge in [-0.3, -0.25) is 4.79 Å². The number of hydrogen-bond donors (Lipinski definition) is 4. The van der Waals surface area contributed by atoms with E-state index in [1.165, 1.54) is 6.92 Å². The Labute approximate surface area is 176 Å². The molecule has 0 amide bonds. The monoisotopic (exact) mass is 440 g/mol. The molecule has 2 spiro atoms. The zero-order valence-electron chi connectivity index (χ0n) is 17.3. The van der Waals surface area contributed by atoms with Crippen LogP contribution in [-0.4, -0.2) is 86.3 Å². The molecule has 2 saturated carbocycles. The number of fused-ring (bicyclic) bond motifs is 1. The molecule has 4 N–H and O–H groups in total. The molecule has 0 aromatic carbocycles. The highest BCUT2D eigenvalue weighted by molar-refractivity contribution is 5.94. The van der Waals surface area contributed by atoms with Crippen LogP contribution in [0, 0.1) is 28.1 Å². The molecule has 6 fully saturated rings. The summed E-state index contributed by atoms with van der Waals surface area (Å²) in [5, 5.41) is 46.1. The standard InChI is InChI=1S/C20H24O11/c1-5-12(24)28-11-8(22)18-10-6(21)7(16(2,3)4)17(18)9(23)13(25)30-15(17)31-20(18,14(26)29-10)19(5,11)27/h5-11,15,21-23,27H,1-4H3/t5-,6-,7+,8+,9+,10-,11+,15+,17?,18?,19-,20?/m1/s1. The zero-order valence-corrected chi connectivity index (χ0v) is 17.3. The Morgan fingerprint density at radius 2 is 1.58 bits per heavy atom. The Kier molecular flexibility index (Phi) is 3.15. The van der Waals surface area contributed by atoms with E-state index >= 15 is 0 Å². The first-order valence-corrected chi connectivity index (χ1v) is 10.3. The van der Waals surface area contributed by atoms with Gasteiger partial charge in [0.1, 0.15) is 12.2 Å². The second kappa shape index (κ2) is 4.91. The molecular formula is C20H24O11. The number of esters is 3. The SMILES string of the molecule is C[C@@H]1C(=O)O[C@H]2[C@H](O)C34[C@@H]5OC(=O)C3(O[C@@H]3OC(=O)[C@H](O)C34[C@H](C(C)(C)C)[C@H]5O)[C@@]12O. The molecule has 0 aromatic rings. The minimum absolute atomic E-state index is 0.792. The Balaban J connectivity index is 1.75. The van der Waals surface area contributed by atoms with Gasteiger partial charge < -0.3 is 39.4 Å². The fourth-order valence-electron chi connectivity index (χ4n) is 8.27. The Hall–Kier alpha value is -1.79. The molecule has 0 radical (unpaired) electrons. The van der Waals surface area contributed by atoms with Crippen LogP contribution in [0.5, 0.6) is 0 Å². The fourth-order valence-corrected chi connectivity index (χ4v) is 8.27. The summed E-state index contributed by atoms with van der Waals surface area (Å²) in [6.45, 7) is 6.63. The number of aliphatic hydroxyl groups is 4. The molecule has 0 bridgehead atoms. The summed E-state index contributed by atoms with van der Waals surface area (Å²) in [6, 6.07) is 0. The summed E-state index contributed by atoms with van der Waals surface area (Å²) >= 11 is 0. The van der Waals surface area contributed by atoms with E-state index in [2.05, 4.69) is 0 Å². The van der Waals surface area contributed by atoms with Gasteiger partial charge >= 0.3 is 17.9 Å². The summed E-state index contributed by atoms with van der Waals surface area (Å²) in [5.74, 6) is -5.22. The van der Waals surface area contributed by atoms with Crippen LogP contribution < -0.4 is 0 Å². The van der Waals surface area contributed by atoms with Crippen LogP contribution in [0.2, 0.25) is 0 Å². The first-order valence-electron chi connectivity index (χ1n) is 10.3. The predicted octanol–water partition coefficient (Wildman–Crippen LogP) is -2.40. The van der Waals surface area contributed by atoms with Crippen molar-refractivity contribution in [1.82, 2.24) is 0 Å². The summed E-state index contributed by atoms with van der Waals surface area (Å²) in [6.07, 6.45) is -9.69. The van der Waals surface area contributed by atoms with Crippen molar-refractivity contribution in [2.24, 2.45) is 28.1 Å². The summed E-state index contributed by atoms with van der Waals surface area (Å²) in [4.78, 5) is 38.3. The van der Waals surface area contributed by atoms with Crippen molar-refractivity contribution < 1.29 is 53.8 Å². The summed E-state index contributed by atoms with van der Waals surface area (Å²) in [5.41, 5.74) is -9.40. The fraction of sp³-hybridized carbons (Fsp3) is 0.850. The number of carbonyl (C=O) groups is 3. The molecule has 0 aromatic heterocycles. The van der Waals surface area contributed by atoms with Crippen molar-refractivity contribution >= 4 is 17.9 Å². The smallest absolute Gasteiger partial charge is 0.343 e. The molecule has 11 nitrogen and oxygen atoms in total. The lowest BCUT2D eigenvalue weighted by molar-refractivity contribution is -0.240. The van der Waals surface area contributed by atoms with Gasteiger partial charge in [-0.25, -0.2) is 9.59 Å². The normalized spacial score (nSPS) is 61.0. The van der Waals surface area contributed by atoms with Gasteiger partial charge in [0, 0.05) is 5.92 Å². The van der Waals surface area contributed by atoms with E-state index in [0.717, 1.165) is 0 Å². The molecule has 6 rings (SSSR count). The average Bonchev–Trinajstić information content (AvgIpc) is 3.35. The molecule has 3 unspecified atom stereocenters. The maximum Gasteiger partial charge on any atom is 0.343 e. The highest BCUT2D eigenvalue weighted by atomic mass is 16.8. The van der Waals surface area contributed by atoms with Crippen molar-refractivity contribution in [2.45, 2.75) is 75.7 Å². The van der Waals surface area contributed by atoms with Gasteiger partial charge in [0.15, 0.2) is 17.8 Å². The molecule has 4 saturated heterocycles. The summed E-state index contributed by atoms with van der Waals surface area (Å²) < 4.78 is 22.2. The van der Waals surface area contributed by atoms with Crippen molar-refractivity contribution in [3.63, 3.8) is 0 Å². The van der Waals surface area contributed by atoms with Crippen molar-refractivity contribution in [1.29, 1.82) is 0 Å². The van der Waals surface area contributed by atoms with E-state index in [9.17, 15) is 34.8 Å². The molecular weight excluding hydrogens is 416 g/mol. The zero-order chi connectivity index (χ0) is 22.7. The molecule has 12 atom stereocenters. The number of rotatable bonds is 0. The molecule has 11 heteroatoms. The average molecular weight is 440 g/mol. The second-order valence-electron chi connectivity index (χ2n) is 10.8. The Morgan fingerprint density at radius 3 is 2.19 bits per heavy atom. The van der Waals surface area contributed by atoms with Gasteiger partial charge in [0.05, 0.1) is 22.9 Å². The van der Waals surface area contributed by atoms with Gasteiger partial charge in [0.2, 0.25) is 11.9 Å². The van der Waals surface area contributed by atoms with Crippen LogP contribution in [0.1, 0.15) is 27.7 Å². The van der Waals surface area contributed by atoms with Crippen LogP contribution >= 0.6 is 0 Å². The van der Waals surface area contributed by atoms with Crippen molar-refractivity contribution in [3.05, 3.63) is 0 Å². The van der Waals surface area contributed by atoms with Crippen LogP contribution in [0.4, 0.5) is 0 Å². The molecule has 2 aliphatic carbocycles. The van der Waals surface area contributed by atoms with Crippen LogP contribution in [0.25, 0.3) is 0 Å². The van der Waals surface area contributed by atoms with Crippen molar-refractivity contribution in [2.75, 3.05) is 0 Å². The van der Waals surface area contributed by atoms with E-state index in [0.29, 0.717) is 0 Å². The third-order valence-corrected chi connectivity index (χ3v) is 8.95. The molecule has 4 heterocycles. The lowest BCUT2D eigenvalue weighted by atomic mass is 9.51. The quantitative estimate of drug-likeness (QED) is 0.234. The van der Waals surface area contributed by atoms with Gasteiger partial charge in [-0.2, -0.15) is 0 Å². The number of carbonyl (C=O) groups excluding carboxylic acids is 3. The van der Waals surface area contributed by atoms with Crippen LogP contribution in [-0.2, 0) is 33.3 Å². The largest absolute Gasteiger partial charge is 0.456 e. The van der Waals surface area contributed by atoms with E-state index in [4.69, 9.17) is 18.9 Å². The third kappa shape index (κ3) is 1.43. The van der Waals surface area contributed by atoms with E-state index in [1.54, 1.807) is 20.8 Å². The summed E-state index contributed by atoms with van der Waals surface area (Å²) in [7, 11) is 0. The lowest BCUT2D eigenvalue weighted by Gasteiger charge is -2.47. The van der Waals surface area contributed by atoms with Gasteiger partial charge in [0.25, 0.3) is 0 Å². The van der Waals surface area contributed by atoms with E-state index < -0.39 is 94.0 Å². The second-order valence-corrected chi connectivity index (χ2v) is 10.8. The Bertz CT molecular complexity index is 957. The highest BCUT2D eigenvalue weighted by Gasteiger charge is 3.05. The Morgan fingerprint density at radius 1 is 0.935 bits per heavy atom. The molecule has 31 heavy (non-hydrogen) atoms. The number of ether oxygens (including phenoxy) is 4. The van der Waals surface area contributed by atoms with Gasteiger partial charge in [-0.05, 0) is 12.3 Å². The number of hydrogen-bond acceptors (Lipinski definition) is 11. The molecule has 170 valence electrons. The maximum absolute atomic E-state index is 13.4. The van der Waals surface area contributed by atoms with Crippen LogP contribution in [0.15, 0.2) is 0 Å². The topological polar surface area (TPSA) is 169 Å². The van der Waals surface area contributed by atoms with E-state index in [1.807, 2.05) is 0 Å². The minimum Gasteiger partial charge on any atom is -0.456 e. The van der Waals surface area contributed by atoms with Crippen LogP contribution in [0.3, 0.4) is 0 Å². The predicted molar refractivity (Wildman–Crippen MR) is 93.4 cm³/mol. The third-order valence-electron chi connectivity index (χ3n) is 8.95. The maximum atomic E-state index is 13.4. The first-order chi connectivity index (χ1) is 14.3. The molecule has 6 aliphatic rings. The molecule has 4 aliphatic heterocycles. The van der Waals surface area contributed by atoms with Gasteiger partial charge in [-0.15, -0.1) is 0 Å². The minimum atomic E-state index is -2.40. The van der Waals surface area contributed by atoms with E-state index in [-0.39, 0.29) is 0 Å². The highest BCUT2D eigenvalue weighted by Crippen LogP contribution is 2.84. The van der Waals surface area contributed by atoms with Gasteiger partial charge in [-0.1, -0.05) is 20.8 Å². The van der Waals surface area contributed by atoms with Crippen molar-refractivity contribution in [3.8, 4) is 0 Å². The lowest BCUT2D eigenvalue weighted by Crippen LogP contribution is -2.67. The first kappa shape index (κ1) is 19.9.